The Morgan fingerprint density at radius 2 is 2.00 bits per heavy atom. The summed E-state index contributed by atoms with van der Waals surface area (Å²) in [5, 5.41) is 0. The summed E-state index contributed by atoms with van der Waals surface area (Å²) >= 11 is 0. The average Bonchev–Trinajstić information content (AvgIpc) is 2.65. The molecular weight excluding hydrogens is 248 g/mol. The molecule has 1 aliphatic rings. The first kappa shape index (κ1) is 15.9. The Morgan fingerprint density at radius 3 is 2.50 bits per heavy atom. The van der Waals surface area contributed by atoms with Crippen molar-refractivity contribution in [2.24, 2.45) is 11.1 Å². The summed E-state index contributed by atoms with van der Waals surface area (Å²) in [6.07, 6.45) is 4.22. The van der Waals surface area contributed by atoms with Crippen LogP contribution in [0.25, 0.3) is 0 Å². The lowest BCUT2D eigenvalue weighted by atomic mass is 9.87. The van der Waals surface area contributed by atoms with Gasteiger partial charge >= 0.3 is 0 Å². The topological polar surface area (TPSA) is 63.4 Å². The van der Waals surface area contributed by atoms with E-state index in [-0.39, 0.29) is 11.5 Å². The van der Waals surface area contributed by atoms with Gasteiger partial charge < -0.3 is 10.6 Å². The molecule has 2 N–H and O–H groups in total. The molecule has 0 aromatic carbocycles. The van der Waals surface area contributed by atoms with E-state index in [1.807, 2.05) is 7.05 Å². The fraction of sp³-hybridized carbons (Fsp3) is 1.00. The highest BCUT2D eigenvalue weighted by Crippen LogP contribution is 2.22. The van der Waals surface area contributed by atoms with Crippen LogP contribution < -0.4 is 5.73 Å². The van der Waals surface area contributed by atoms with Crippen LogP contribution in [-0.2, 0) is 9.84 Å². The van der Waals surface area contributed by atoms with Crippen molar-refractivity contribution in [3.63, 3.8) is 0 Å². The summed E-state index contributed by atoms with van der Waals surface area (Å²) in [4.78, 5) is 2.21. The molecule has 18 heavy (non-hydrogen) atoms. The SMILES string of the molecule is CN(CCCCC(C)(C)CN)C1CCS(=O)(=O)C1. The van der Waals surface area contributed by atoms with Crippen molar-refractivity contribution in [1.82, 2.24) is 4.90 Å². The van der Waals surface area contributed by atoms with Gasteiger partial charge in [0.05, 0.1) is 11.5 Å². The Bertz CT molecular complexity index is 352. The third-order valence-corrected chi connectivity index (χ3v) is 5.75. The fourth-order valence-corrected chi connectivity index (χ4v) is 4.18. The van der Waals surface area contributed by atoms with Crippen LogP contribution in [0, 0.1) is 5.41 Å². The molecule has 1 saturated heterocycles. The van der Waals surface area contributed by atoms with E-state index >= 15 is 0 Å². The largest absolute Gasteiger partial charge is 0.330 e. The molecule has 1 aliphatic heterocycles. The van der Waals surface area contributed by atoms with Gasteiger partial charge in [-0.3, -0.25) is 0 Å². The smallest absolute Gasteiger partial charge is 0.151 e. The molecule has 0 spiro atoms. The van der Waals surface area contributed by atoms with E-state index in [9.17, 15) is 8.42 Å². The summed E-state index contributed by atoms with van der Waals surface area (Å²) in [5.74, 6) is 0.708. The maximum atomic E-state index is 11.4. The van der Waals surface area contributed by atoms with Gasteiger partial charge in [0, 0.05) is 6.04 Å². The molecule has 1 atom stereocenters. The normalized spacial score (nSPS) is 23.7. The monoisotopic (exact) mass is 276 g/mol. The van der Waals surface area contributed by atoms with Crippen molar-refractivity contribution >= 4 is 9.84 Å². The van der Waals surface area contributed by atoms with Gasteiger partial charge in [-0.1, -0.05) is 20.3 Å². The molecule has 0 aliphatic carbocycles. The molecular formula is C13H28N2O2S. The number of rotatable bonds is 7. The van der Waals surface area contributed by atoms with Crippen molar-refractivity contribution < 1.29 is 8.42 Å². The molecule has 0 bridgehead atoms. The van der Waals surface area contributed by atoms with Crippen LogP contribution in [0.3, 0.4) is 0 Å². The highest BCUT2D eigenvalue weighted by molar-refractivity contribution is 7.91. The van der Waals surface area contributed by atoms with E-state index in [0.29, 0.717) is 11.5 Å². The summed E-state index contributed by atoms with van der Waals surface area (Å²) in [5.41, 5.74) is 5.93. The Labute approximate surface area is 112 Å². The van der Waals surface area contributed by atoms with Crippen LogP contribution in [0.1, 0.15) is 39.5 Å². The lowest BCUT2D eigenvalue weighted by molar-refractivity contribution is 0.246. The molecule has 0 saturated carbocycles. The second-order valence-electron chi connectivity index (χ2n) is 6.36. The Hall–Kier alpha value is -0.130. The molecule has 0 radical (unpaired) electrons. The van der Waals surface area contributed by atoms with Crippen LogP contribution in [0.2, 0.25) is 0 Å². The number of nitrogens with two attached hydrogens (primary N) is 1. The van der Waals surface area contributed by atoms with E-state index < -0.39 is 9.84 Å². The molecule has 1 unspecified atom stereocenters. The third kappa shape index (κ3) is 5.24. The molecule has 1 rings (SSSR count). The third-order valence-electron chi connectivity index (χ3n) is 4.00. The number of hydrogen-bond donors (Lipinski definition) is 1. The van der Waals surface area contributed by atoms with Gasteiger partial charge in [0.15, 0.2) is 9.84 Å². The van der Waals surface area contributed by atoms with E-state index in [0.717, 1.165) is 38.8 Å². The zero-order chi connectivity index (χ0) is 13.8. The molecule has 1 fully saturated rings. The summed E-state index contributed by atoms with van der Waals surface area (Å²) < 4.78 is 22.8. The standard InChI is InChI=1S/C13H28N2O2S/c1-13(2,11-14)7-4-5-8-15(3)12-6-9-18(16,17)10-12/h12H,4-11,14H2,1-3H3. The second-order valence-corrected chi connectivity index (χ2v) is 8.59. The molecule has 0 aromatic heterocycles. The molecule has 0 amide bonds. The molecule has 5 heteroatoms. The van der Waals surface area contributed by atoms with Crippen molar-refractivity contribution in [2.45, 2.75) is 45.6 Å². The van der Waals surface area contributed by atoms with E-state index in [2.05, 4.69) is 18.7 Å². The van der Waals surface area contributed by atoms with Crippen molar-refractivity contribution in [2.75, 3.05) is 31.6 Å². The zero-order valence-corrected chi connectivity index (χ0v) is 12.8. The van der Waals surface area contributed by atoms with Gasteiger partial charge in [-0.15, -0.1) is 0 Å². The van der Waals surface area contributed by atoms with Crippen molar-refractivity contribution in [3.05, 3.63) is 0 Å². The van der Waals surface area contributed by atoms with Crippen LogP contribution in [0.15, 0.2) is 0 Å². The van der Waals surface area contributed by atoms with E-state index in [1.54, 1.807) is 0 Å². The predicted octanol–water partition coefficient (Wildman–Crippen LogP) is 1.26. The maximum Gasteiger partial charge on any atom is 0.151 e. The van der Waals surface area contributed by atoms with Crippen LogP contribution in [0.5, 0.6) is 0 Å². The fourth-order valence-electron chi connectivity index (χ4n) is 2.37. The number of unbranched alkanes of at least 4 members (excludes halogenated alkanes) is 1. The van der Waals surface area contributed by atoms with Crippen LogP contribution in [-0.4, -0.2) is 51.0 Å². The average molecular weight is 276 g/mol. The zero-order valence-electron chi connectivity index (χ0n) is 12.0. The quantitative estimate of drug-likeness (QED) is 0.711. The molecule has 108 valence electrons. The predicted molar refractivity (Wildman–Crippen MR) is 76.4 cm³/mol. The summed E-state index contributed by atoms with van der Waals surface area (Å²) in [6.45, 7) is 6.10. The minimum atomic E-state index is -2.76. The van der Waals surface area contributed by atoms with Gasteiger partial charge in [-0.25, -0.2) is 8.42 Å². The van der Waals surface area contributed by atoms with Gasteiger partial charge in [0.25, 0.3) is 0 Å². The van der Waals surface area contributed by atoms with E-state index in [1.165, 1.54) is 0 Å². The maximum absolute atomic E-state index is 11.4. The van der Waals surface area contributed by atoms with Crippen molar-refractivity contribution in [3.8, 4) is 0 Å². The first-order valence-electron chi connectivity index (χ1n) is 6.86. The first-order chi connectivity index (χ1) is 8.26. The van der Waals surface area contributed by atoms with Crippen LogP contribution >= 0.6 is 0 Å². The molecule has 1 heterocycles. The van der Waals surface area contributed by atoms with Gasteiger partial charge in [-0.2, -0.15) is 0 Å². The summed E-state index contributed by atoms with van der Waals surface area (Å²) in [6, 6.07) is 0.234. The molecule has 0 aromatic rings. The Balaban J connectivity index is 2.20. The Morgan fingerprint density at radius 1 is 1.33 bits per heavy atom. The lowest BCUT2D eigenvalue weighted by Gasteiger charge is -2.25. The second kappa shape index (κ2) is 6.35. The lowest BCUT2D eigenvalue weighted by Crippen LogP contribution is -2.33. The number of nitrogens with zero attached hydrogens (tertiary/aromatic N) is 1. The highest BCUT2D eigenvalue weighted by Gasteiger charge is 2.30. The van der Waals surface area contributed by atoms with E-state index in [4.69, 9.17) is 5.73 Å². The minimum absolute atomic E-state index is 0.231. The van der Waals surface area contributed by atoms with Gasteiger partial charge in [0.1, 0.15) is 0 Å². The molecule has 4 nitrogen and oxygen atoms in total. The van der Waals surface area contributed by atoms with Gasteiger partial charge in [-0.05, 0) is 44.8 Å². The first-order valence-corrected chi connectivity index (χ1v) is 8.69. The summed E-state index contributed by atoms with van der Waals surface area (Å²) in [7, 11) is -0.715. The minimum Gasteiger partial charge on any atom is -0.330 e. The van der Waals surface area contributed by atoms with Gasteiger partial charge in [0.2, 0.25) is 0 Å². The van der Waals surface area contributed by atoms with Crippen molar-refractivity contribution in [1.29, 1.82) is 0 Å². The number of sulfone groups is 1. The highest BCUT2D eigenvalue weighted by atomic mass is 32.2. The Kier molecular flexibility index (Phi) is 5.62. The number of hydrogen-bond acceptors (Lipinski definition) is 4. The van der Waals surface area contributed by atoms with Crippen LogP contribution in [0.4, 0.5) is 0 Å².